The van der Waals surface area contributed by atoms with Gasteiger partial charge in [-0.3, -0.25) is 4.79 Å². The summed E-state index contributed by atoms with van der Waals surface area (Å²) in [5.74, 6) is 1.87. The fourth-order valence-electron chi connectivity index (χ4n) is 3.46. The molecular weight excluding hydrogens is 368 g/mol. The van der Waals surface area contributed by atoms with Gasteiger partial charge in [0, 0.05) is 32.7 Å². The summed E-state index contributed by atoms with van der Waals surface area (Å²) in [4.78, 5) is 23.8. The van der Waals surface area contributed by atoms with Crippen molar-refractivity contribution in [2.75, 3.05) is 56.8 Å². The summed E-state index contributed by atoms with van der Waals surface area (Å²) in [6.45, 7) is 4.43. The molecule has 1 N–H and O–H groups in total. The number of anilines is 2. The zero-order chi connectivity index (χ0) is 18.6. The van der Waals surface area contributed by atoms with Crippen LogP contribution in [0.3, 0.4) is 0 Å². The fraction of sp³-hybridized carbons (Fsp3) is 0.611. The van der Waals surface area contributed by atoms with Gasteiger partial charge in [0.25, 0.3) is 0 Å². The molecule has 2 fully saturated rings. The number of fused-ring (bicyclic) bond motifs is 1. The number of nitrogens with zero attached hydrogens (tertiary/aromatic N) is 3. The number of carbonyl (C=O) groups is 1. The molecule has 0 radical (unpaired) electrons. The number of nitrogens with one attached hydrogen (secondary N) is 1. The average Bonchev–Trinajstić information content (AvgIpc) is 3.12. The summed E-state index contributed by atoms with van der Waals surface area (Å²) in [7, 11) is 1.60. The van der Waals surface area contributed by atoms with E-state index < -0.39 is 0 Å². The van der Waals surface area contributed by atoms with E-state index in [1.54, 1.807) is 13.3 Å². The molecule has 0 bridgehead atoms. The Hall–Kier alpha value is -1.97. The molecule has 2 aromatic rings. The van der Waals surface area contributed by atoms with E-state index in [2.05, 4.69) is 20.2 Å². The lowest BCUT2D eigenvalue weighted by atomic mass is 9.96. The number of ether oxygens (including phenoxy) is 3. The van der Waals surface area contributed by atoms with Gasteiger partial charge in [0.05, 0.1) is 26.5 Å². The van der Waals surface area contributed by atoms with Crippen molar-refractivity contribution in [2.24, 2.45) is 5.92 Å². The van der Waals surface area contributed by atoms with E-state index >= 15 is 0 Å². The summed E-state index contributed by atoms with van der Waals surface area (Å²) >= 11 is 1.44. The molecule has 0 aromatic carbocycles. The Morgan fingerprint density at radius 2 is 2.04 bits per heavy atom. The van der Waals surface area contributed by atoms with Crippen molar-refractivity contribution in [3.05, 3.63) is 6.20 Å². The van der Waals surface area contributed by atoms with Gasteiger partial charge in [0.1, 0.15) is 16.0 Å². The number of hydrogen-bond acceptors (Lipinski definition) is 8. The number of hydrogen-bond donors (Lipinski definition) is 1. The summed E-state index contributed by atoms with van der Waals surface area (Å²) < 4.78 is 17.1. The second kappa shape index (κ2) is 8.37. The number of thiazole rings is 1. The van der Waals surface area contributed by atoms with Crippen LogP contribution in [0.4, 0.5) is 10.9 Å². The maximum Gasteiger partial charge on any atom is 0.226 e. The second-order valence-electron chi connectivity index (χ2n) is 6.75. The molecule has 1 amide bonds. The molecule has 0 atom stereocenters. The zero-order valence-corrected chi connectivity index (χ0v) is 16.2. The first-order chi connectivity index (χ1) is 13.2. The molecule has 0 unspecified atom stereocenters. The molecular formula is C18H24N4O4S. The first-order valence-corrected chi connectivity index (χ1v) is 10.1. The lowest BCUT2D eigenvalue weighted by Crippen LogP contribution is -2.36. The molecule has 2 aliphatic heterocycles. The van der Waals surface area contributed by atoms with Crippen LogP contribution < -0.4 is 15.0 Å². The highest BCUT2D eigenvalue weighted by Crippen LogP contribution is 2.38. The molecule has 0 aliphatic carbocycles. The van der Waals surface area contributed by atoms with Gasteiger partial charge >= 0.3 is 0 Å². The Bertz CT molecular complexity index is 800. The summed E-state index contributed by atoms with van der Waals surface area (Å²) in [6.07, 6.45) is 4.07. The predicted molar refractivity (Wildman–Crippen MR) is 104 cm³/mol. The number of morpholine rings is 1. The molecule has 2 aliphatic rings. The predicted octanol–water partition coefficient (Wildman–Crippen LogP) is 2.29. The van der Waals surface area contributed by atoms with Gasteiger partial charge in [-0.15, -0.1) is 0 Å². The van der Waals surface area contributed by atoms with Crippen molar-refractivity contribution >= 4 is 38.4 Å². The SMILES string of the molecule is COc1cnc(N2CCOCC2)c2sc(NC(=O)CC3CCOCC3)nc12. The normalized spacial score (nSPS) is 18.6. The van der Waals surface area contributed by atoms with Gasteiger partial charge in [-0.05, 0) is 18.8 Å². The molecule has 9 heteroatoms. The number of pyridine rings is 1. The maximum atomic E-state index is 12.4. The van der Waals surface area contributed by atoms with Gasteiger partial charge in [-0.2, -0.15) is 0 Å². The number of amides is 1. The topological polar surface area (TPSA) is 85.8 Å². The molecule has 2 aromatic heterocycles. The van der Waals surface area contributed by atoms with Crippen LogP contribution >= 0.6 is 11.3 Å². The summed E-state index contributed by atoms with van der Waals surface area (Å²) in [6, 6.07) is 0. The van der Waals surface area contributed by atoms with Crippen LogP contribution in [0, 0.1) is 5.92 Å². The van der Waals surface area contributed by atoms with E-state index in [0.29, 0.717) is 36.4 Å². The Morgan fingerprint density at radius 1 is 1.30 bits per heavy atom. The summed E-state index contributed by atoms with van der Waals surface area (Å²) in [5.41, 5.74) is 0.736. The van der Waals surface area contributed by atoms with Crippen molar-refractivity contribution < 1.29 is 19.0 Å². The quantitative estimate of drug-likeness (QED) is 0.835. The van der Waals surface area contributed by atoms with E-state index in [0.717, 1.165) is 55.2 Å². The van der Waals surface area contributed by atoms with Gasteiger partial charge in [0.2, 0.25) is 5.91 Å². The lowest BCUT2D eigenvalue weighted by Gasteiger charge is -2.28. The highest BCUT2D eigenvalue weighted by Gasteiger charge is 2.22. The third-order valence-corrected chi connectivity index (χ3v) is 5.93. The Balaban J connectivity index is 1.55. The number of carbonyl (C=O) groups excluding carboxylic acids is 1. The van der Waals surface area contributed by atoms with Crippen LogP contribution in [0.1, 0.15) is 19.3 Å². The third kappa shape index (κ3) is 4.15. The Labute approximate surface area is 161 Å². The van der Waals surface area contributed by atoms with E-state index in [-0.39, 0.29) is 5.91 Å². The Morgan fingerprint density at radius 3 is 2.78 bits per heavy atom. The molecule has 2 saturated heterocycles. The number of rotatable bonds is 5. The molecule has 146 valence electrons. The van der Waals surface area contributed by atoms with E-state index in [9.17, 15) is 4.79 Å². The first-order valence-electron chi connectivity index (χ1n) is 9.28. The molecule has 8 nitrogen and oxygen atoms in total. The van der Waals surface area contributed by atoms with Crippen molar-refractivity contribution in [2.45, 2.75) is 19.3 Å². The minimum Gasteiger partial charge on any atom is -0.493 e. The van der Waals surface area contributed by atoms with Gasteiger partial charge < -0.3 is 24.4 Å². The summed E-state index contributed by atoms with van der Waals surface area (Å²) in [5, 5.41) is 3.55. The largest absolute Gasteiger partial charge is 0.493 e. The van der Waals surface area contributed by atoms with Crippen LogP contribution in [-0.2, 0) is 14.3 Å². The Kier molecular flexibility index (Phi) is 5.70. The van der Waals surface area contributed by atoms with Crippen molar-refractivity contribution in [3.63, 3.8) is 0 Å². The lowest BCUT2D eigenvalue weighted by molar-refractivity contribution is -0.117. The molecule has 27 heavy (non-hydrogen) atoms. The van der Waals surface area contributed by atoms with E-state index in [1.807, 2.05) is 0 Å². The first kappa shape index (κ1) is 18.4. The van der Waals surface area contributed by atoms with Gasteiger partial charge in [-0.25, -0.2) is 9.97 Å². The molecule has 0 saturated carbocycles. The average molecular weight is 392 g/mol. The molecule has 4 rings (SSSR count). The monoisotopic (exact) mass is 392 g/mol. The standard InChI is InChI=1S/C18H24N4O4S/c1-24-13-11-19-17(22-4-8-26-9-5-22)16-15(13)21-18(27-16)20-14(23)10-12-2-6-25-7-3-12/h11-12H,2-10H2,1H3,(H,20,21,23). The van der Waals surface area contributed by atoms with Crippen LogP contribution in [0.5, 0.6) is 5.75 Å². The van der Waals surface area contributed by atoms with Crippen LogP contribution in [0.25, 0.3) is 10.2 Å². The number of methoxy groups -OCH3 is 1. The smallest absolute Gasteiger partial charge is 0.226 e. The van der Waals surface area contributed by atoms with Crippen LogP contribution in [0.2, 0.25) is 0 Å². The van der Waals surface area contributed by atoms with Crippen LogP contribution in [0.15, 0.2) is 6.20 Å². The maximum absolute atomic E-state index is 12.4. The molecule has 0 spiro atoms. The zero-order valence-electron chi connectivity index (χ0n) is 15.4. The minimum atomic E-state index is 0.000745. The van der Waals surface area contributed by atoms with E-state index in [1.165, 1.54) is 11.3 Å². The van der Waals surface area contributed by atoms with Gasteiger partial charge in [-0.1, -0.05) is 11.3 Å². The van der Waals surface area contributed by atoms with Gasteiger partial charge in [0.15, 0.2) is 10.9 Å². The van der Waals surface area contributed by atoms with E-state index in [4.69, 9.17) is 14.2 Å². The van der Waals surface area contributed by atoms with Crippen molar-refractivity contribution in [1.82, 2.24) is 9.97 Å². The second-order valence-corrected chi connectivity index (χ2v) is 7.75. The highest BCUT2D eigenvalue weighted by atomic mass is 32.1. The minimum absolute atomic E-state index is 0.000745. The fourth-order valence-corrected chi connectivity index (χ4v) is 4.48. The van der Waals surface area contributed by atoms with Crippen molar-refractivity contribution in [3.8, 4) is 5.75 Å². The number of aromatic nitrogens is 2. The third-order valence-electron chi connectivity index (χ3n) is 4.96. The van der Waals surface area contributed by atoms with Crippen molar-refractivity contribution in [1.29, 1.82) is 0 Å². The molecule has 4 heterocycles. The van der Waals surface area contributed by atoms with Crippen LogP contribution in [-0.4, -0.2) is 62.5 Å². The highest BCUT2D eigenvalue weighted by molar-refractivity contribution is 7.23.